The van der Waals surface area contributed by atoms with Crippen LogP contribution in [-0.4, -0.2) is 56.1 Å². The van der Waals surface area contributed by atoms with Crippen molar-refractivity contribution in [1.82, 2.24) is 9.80 Å². The molecule has 1 aliphatic heterocycles. The van der Waals surface area contributed by atoms with Crippen LogP contribution in [0.25, 0.3) is 10.8 Å². The molecule has 0 bridgehead atoms. The second-order valence-electron chi connectivity index (χ2n) is 5.78. The summed E-state index contributed by atoms with van der Waals surface area (Å²) in [5, 5.41) is 6.10. The summed E-state index contributed by atoms with van der Waals surface area (Å²) >= 11 is 3.52. The van der Waals surface area contributed by atoms with Crippen molar-refractivity contribution in [2.24, 2.45) is 0 Å². The molecule has 112 valence electrons. The Hall–Kier alpha value is -1.10. The number of nitrogens with zero attached hydrogens (tertiary/aromatic N) is 2. The maximum atomic E-state index is 3.54. The van der Waals surface area contributed by atoms with E-state index in [9.17, 15) is 0 Å². The summed E-state index contributed by atoms with van der Waals surface area (Å²) in [7, 11) is 2.20. The largest absolute Gasteiger partial charge is 0.384 e. The van der Waals surface area contributed by atoms with Crippen LogP contribution in [0.4, 0.5) is 5.69 Å². The number of likely N-dealkylation sites (N-methyl/N-ethyl adjacent to an activating group) is 1. The van der Waals surface area contributed by atoms with E-state index >= 15 is 0 Å². The highest BCUT2D eigenvalue weighted by molar-refractivity contribution is 9.10. The summed E-state index contributed by atoms with van der Waals surface area (Å²) in [6.45, 7) is 6.86. The van der Waals surface area contributed by atoms with Crippen molar-refractivity contribution in [2.75, 3.05) is 51.6 Å². The fraction of sp³-hybridized carbons (Fsp3) is 0.412. The zero-order chi connectivity index (χ0) is 14.7. The van der Waals surface area contributed by atoms with Gasteiger partial charge in [0, 0.05) is 49.4 Å². The van der Waals surface area contributed by atoms with Crippen LogP contribution < -0.4 is 5.32 Å². The molecule has 1 saturated heterocycles. The Kier molecular flexibility index (Phi) is 4.78. The van der Waals surface area contributed by atoms with Gasteiger partial charge in [0.05, 0.1) is 0 Å². The van der Waals surface area contributed by atoms with E-state index in [0.717, 1.165) is 17.6 Å². The molecule has 2 aromatic rings. The van der Waals surface area contributed by atoms with Crippen molar-refractivity contribution in [3.05, 3.63) is 40.9 Å². The Bertz CT molecular complexity index is 606. The van der Waals surface area contributed by atoms with E-state index < -0.39 is 0 Å². The van der Waals surface area contributed by atoms with E-state index in [2.05, 4.69) is 74.5 Å². The standard InChI is InChI=1S/C17H22BrN3/c1-20-8-10-21(11-9-20)7-6-19-17-5-3-14-12-16(18)4-2-15(14)13-17/h2-5,12-13,19H,6-11H2,1H3. The number of benzene rings is 2. The number of anilines is 1. The zero-order valence-electron chi connectivity index (χ0n) is 12.5. The minimum Gasteiger partial charge on any atom is -0.384 e. The first-order chi connectivity index (χ1) is 10.2. The summed E-state index contributed by atoms with van der Waals surface area (Å²) in [4.78, 5) is 4.93. The van der Waals surface area contributed by atoms with Gasteiger partial charge in [-0.25, -0.2) is 0 Å². The lowest BCUT2D eigenvalue weighted by Crippen LogP contribution is -2.45. The molecule has 0 spiro atoms. The molecule has 0 unspecified atom stereocenters. The molecule has 1 aliphatic rings. The fourth-order valence-electron chi connectivity index (χ4n) is 2.76. The summed E-state index contributed by atoms with van der Waals surface area (Å²) in [6, 6.07) is 13.0. The van der Waals surface area contributed by atoms with E-state index in [4.69, 9.17) is 0 Å². The average molecular weight is 348 g/mol. The van der Waals surface area contributed by atoms with Gasteiger partial charge in [0.1, 0.15) is 0 Å². The van der Waals surface area contributed by atoms with Crippen LogP contribution in [-0.2, 0) is 0 Å². The van der Waals surface area contributed by atoms with Crippen LogP contribution >= 0.6 is 15.9 Å². The molecule has 2 aromatic carbocycles. The maximum Gasteiger partial charge on any atom is 0.0347 e. The van der Waals surface area contributed by atoms with Gasteiger partial charge in [-0.05, 0) is 42.1 Å². The van der Waals surface area contributed by atoms with E-state index in [1.165, 1.54) is 42.6 Å². The molecular weight excluding hydrogens is 326 g/mol. The topological polar surface area (TPSA) is 18.5 Å². The van der Waals surface area contributed by atoms with Gasteiger partial charge < -0.3 is 10.2 Å². The molecule has 0 atom stereocenters. The highest BCUT2D eigenvalue weighted by Gasteiger charge is 2.12. The van der Waals surface area contributed by atoms with Gasteiger partial charge in [-0.15, -0.1) is 0 Å². The normalized spacial score (nSPS) is 17.2. The number of halogens is 1. The Morgan fingerprint density at radius 2 is 1.71 bits per heavy atom. The van der Waals surface area contributed by atoms with Crippen molar-refractivity contribution in [1.29, 1.82) is 0 Å². The highest BCUT2D eigenvalue weighted by Crippen LogP contribution is 2.22. The molecule has 1 fully saturated rings. The SMILES string of the molecule is CN1CCN(CCNc2ccc3cc(Br)ccc3c2)CC1. The molecule has 4 heteroatoms. The molecule has 21 heavy (non-hydrogen) atoms. The molecule has 1 heterocycles. The number of nitrogens with one attached hydrogen (secondary N) is 1. The molecule has 0 saturated carbocycles. The van der Waals surface area contributed by atoms with E-state index in [1.807, 2.05) is 0 Å². The molecule has 0 aliphatic carbocycles. The van der Waals surface area contributed by atoms with E-state index in [-0.39, 0.29) is 0 Å². The second kappa shape index (κ2) is 6.77. The van der Waals surface area contributed by atoms with Crippen LogP contribution in [0.1, 0.15) is 0 Å². The maximum absolute atomic E-state index is 3.54. The Labute approximate surface area is 135 Å². The molecule has 3 rings (SSSR count). The minimum atomic E-state index is 1.01. The minimum absolute atomic E-state index is 1.01. The van der Waals surface area contributed by atoms with Crippen molar-refractivity contribution in [2.45, 2.75) is 0 Å². The lowest BCUT2D eigenvalue weighted by Gasteiger charge is -2.32. The Morgan fingerprint density at radius 3 is 2.52 bits per heavy atom. The van der Waals surface area contributed by atoms with Crippen molar-refractivity contribution in [3.63, 3.8) is 0 Å². The monoisotopic (exact) mass is 347 g/mol. The Morgan fingerprint density at radius 1 is 1.00 bits per heavy atom. The predicted octanol–water partition coefficient (Wildman–Crippen LogP) is 3.26. The van der Waals surface area contributed by atoms with Crippen LogP contribution in [0.15, 0.2) is 40.9 Å². The quantitative estimate of drug-likeness (QED) is 0.915. The number of rotatable bonds is 4. The first kappa shape index (κ1) is 14.8. The van der Waals surface area contributed by atoms with Gasteiger partial charge in [-0.1, -0.05) is 28.1 Å². The van der Waals surface area contributed by atoms with Crippen LogP contribution in [0.3, 0.4) is 0 Å². The van der Waals surface area contributed by atoms with Crippen molar-refractivity contribution < 1.29 is 0 Å². The number of hydrogen-bond acceptors (Lipinski definition) is 3. The first-order valence-corrected chi connectivity index (χ1v) is 8.34. The smallest absolute Gasteiger partial charge is 0.0347 e. The molecule has 3 nitrogen and oxygen atoms in total. The van der Waals surface area contributed by atoms with Gasteiger partial charge in [-0.3, -0.25) is 4.90 Å². The first-order valence-electron chi connectivity index (χ1n) is 7.55. The number of hydrogen-bond donors (Lipinski definition) is 1. The predicted molar refractivity (Wildman–Crippen MR) is 94.1 cm³/mol. The highest BCUT2D eigenvalue weighted by atomic mass is 79.9. The summed E-state index contributed by atoms with van der Waals surface area (Å²) in [5.74, 6) is 0. The van der Waals surface area contributed by atoms with Crippen LogP contribution in [0, 0.1) is 0 Å². The van der Waals surface area contributed by atoms with Crippen molar-refractivity contribution in [3.8, 4) is 0 Å². The third-order valence-electron chi connectivity index (χ3n) is 4.16. The van der Waals surface area contributed by atoms with E-state index in [0.29, 0.717) is 0 Å². The van der Waals surface area contributed by atoms with Crippen molar-refractivity contribution >= 4 is 32.4 Å². The molecule has 0 radical (unpaired) electrons. The molecule has 0 aromatic heterocycles. The summed E-state index contributed by atoms with van der Waals surface area (Å²) < 4.78 is 1.13. The second-order valence-corrected chi connectivity index (χ2v) is 6.69. The third-order valence-corrected chi connectivity index (χ3v) is 4.65. The van der Waals surface area contributed by atoms with Gasteiger partial charge >= 0.3 is 0 Å². The lowest BCUT2D eigenvalue weighted by atomic mass is 10.1. The van der Waals surface area contributed by atoms with Gasteiger partial charge in [0.25, 0.3) is 0 Å². The van der Waals surface area contributed by atoms with Crippen LogP contribution in [0.5, 0.6) is 0 Å². The van der Waals surface area contributed by atoms with E-state index in [1.54, 1.807) is 0 Å². The molecule has 1 N–H and O–H groups in total. The van der Waals surface area contributed by atoms with Crippen LogP contribution in [0.2, 0.25) is 0 Å². The van der Waals surface area contributed by atoms with Gasteiger partial charge in [-0.2, -0.15) is 0 Å². The van der Waals surface area contributed by atoms with Gasteiger partial charge in [0.15, 0.2) is 0 Å². The summed E-state index contributed by atoms with van der Waals surface area (Å²) in [6.07, 6.45) is 0. The number of fused-ring (bicyclic) bond motifs is 1. The zero-order valence-corrected chi connectivity index (χ0v) is 14.1. The number of piperazine rings is 1. The average Bonchev–Trinajstić information content (AvgIpc) is 2.49. The molecular formula is C17H22BrN3. The third kappa shape index (κ3) is 3.96. The molecule has 0 amide bonds. The van der Waals surface area contributed by atoms with Gasteiger partial charge in [0.2, 0.25) is 0 Å². The Balaban J connectivity index is 1.54. The fourth-order valence-corrected chi connectivity index (χ4v) is 3.14. The summed E-state index contributed by atoms with van der Waals surface area (Å²) in [5.41, 5.74) is 1.21. The lowest BCUT2D eigenvalue weighted by molar-refractivity contribution is 0.158.